The van der Waals surface area contributed by atoms with Crippen LogP contribution in [0.15, 0.2) is 197 Å². The molecule has 444 valence electrons. The van der Waals surface area contributed by atoms with Crippen molar-refractivity contribution >= 4 is 79.2 Å². The molecule has 0 aliphatic carbocycles. The van der Waals surface area contributed by atoms with Crippen LogP contribution in [0.5, 0.6) is 0 Å². The maximum absolute atomic E-state index is 14.5. The average Bonchev–Trinajstić information content (AvgIpc) is 1.65. The molecule has 7 aromatic carbocycles. The number of sulfonamides is 1. The van der Waals surface area contributed by atoms with E-state index in [0.717, 1.165) is 95.3 Å². The van der Waals surface area contributed by atoms with Gasteiger partial charge in [-0.05, 0) is 143 Å². The summed E-state index contributed by atoms with van der Waals surface area (Å²) in [6, 6.07) is 52.7. The van der Waals surface area contributed by atoms with E-state index >= 15 is 0 Å². The number of hydrogen-bond acceptors (Lipinski definition) is 12. The molecule has 0 radical (unpaired) electrons. The van der Waals surface area contributed by atoms with Gasteiger partial charge in [-0.1, -0.05) is 141 Å². The van der Waals surface area contributed by atoms with Gasteiger partial charge >= 0.3 is 5.51 Å². The quantitative estimate of drug-likeness (QED) is 0.0355. The van der Waals surface area contributed by atoms with E-state index in [4.69, 9.17) is 11.6 Å². The van der Waals surface area contributed by atoms with Crippen molar-refractivity contribution in [3.05, 3.63) is 198 Å². The number of halogens is 4. The van der Waals surface area contributed by atoms with Gasteiger partial charge in [0, 0.05) is 78.8 Å². The molecule has 2 fully saturated rings. The van der Waals surface area contributed by atoms with Crippen LogP contribution in [0.25, 0.3) is 11.1 Å². The van der Waals surface area contributed by atoms with Gasteiger partial charge in [0.2, 0.25) is 0 Å². The summed E-state index contributed by atoms with van der Waals surface area (Å²) < 4.78 is 99.8. The molecule has 9 rings (SSSR count). The number of hydrogen-bond donors (Lipinski definition) is 4. The van der Waals surface area contributed by atoms with Crippen LogP contribution in [0.3, 0.4) is 0 Å². The van der Waals surface area contributed by atoms with Gasteiger partial charge in [0.05, 0.1) is 16.7 Å². The van der Waals surface area contributed by atoms with Gasteiger partial charge in [-0.25, -0.2) is 21.6 Å². The van der Waals surface area contributed by atoms with Gasteiger partial charge in [0.15, 0.2) is 0 Å². The molecule has 2 aliphatic heterocycles. The van der Waals surface area contributed by atoms with Gasteiger partial charge < -0.3 is 29.9 Å². The summed E-state index contributed by atoms with van der Waals surface area (Å²) in [6.07, 6.45) is 2.74. The number of sulfone groups is 1. The van der Waals surface area contributed by atoms with E-state index in [-0.39, 0.29) is 16.5 Å². The molecule has 2 saturated heterocycles. The van der Waals surface area contributed by atoms with Crippen LogP contribution < -0.4 is 25.3 Å². The van der Waals surface area contributed by atoms with Crippen LogP contribution in [0.1, 0.15) is 68.0 Å². The third-order valence-electron chi connectivity index (χ3n) is 16.5. The lowest BCUT2D eigenvalue weighted by atomic mass is 9.84. The normalized spacial score (nSPS) is 16.0. The van der Waals surface area contributed by atoms with Gasteiger partial charge in [-0.2, -0.15) is 13.2 Å². The molecular weight excluding hydrogens is 1170 g/mol. The lowest BCUT2D eigenvalue weighted by Crippen LogP contribution is -2.65. The standard InChI is InChI=1S/C64H71ClF3N5O7S3Si/c1-63(2,84(80,55-17-8-4-9-18-55)56-19-10-5-11-20-56)36-14-37-71-41-43-72(44-42-71)38-35-51(46-81-53-15-6-3-7-16-53)69-59-32-31-54(45-60(59)82(76,77)64(66,67)68)83(78,79)70-62(75)49-25-29-52(30-26-49)73-39-33-48(34-40-73)61(74)58-22-13-12-21-57(58)47-23-27-50(65)28-24-47/h3-13,15-32,45,48,51,61,69,74,80H,14,33-44,46H2,1-2H3,(H,70,75)/t51-,61-/m1/s1. The summed E-state index contributed by atoms with van der Waals surface area (Å²) in [5.41, 5.74) is -2.79. The number of nitrogens with zero attached hydrogens (tertiary/aromatic N) is 3. The summed E-state index contributed by atoms with van der Waals surface area (Å²) in [6.45, 7) is 9.99. The van der Waals surface area contributed by atoms with Crippen molar-refractivity contribution in [3.63, 3.8) is 0 Å². The Morgan fingerprint density at radius 2 is 1.27 bits per heavy atom. The SMILES string of the molecule is CC(C)(CCCN1CCN(CC[C@H](CSc2ccccc2)Nc2ccc(S(=O)(=O)NC(=O)c3ccc(N4CCC([C@@H](O)c5ccccc5-c5ccc(Cl)cc5)CC4)cc3)cc2S(=O)(=O)C(F)(F)F)CC1)[Si](O)(c1ccccc1)c1ccccc1. The highest BCUT2D eigenvalue weighted by molar-refractivity contribution is 7.99. The van der Waals surface area contributed by atoms with E-state index in [1.165, 1.54) is 23.9 Å². The van der Waals surface area contributed by atoms with Crippen LogP contribution in [0.4, 0.5) is 24.5 Å². The fourth-order valence-electron chi connectivity index (χ4n) is 11.5. The summed E-state index contributed by atoms with van der Waals surface area (Å²) in [5, 5.41) is 16.9. The first-order valence-corrected chi connectivity index (χ1v) is 34.5. The monoisotopic (exact) mass is 1240 g/mol. The molecule has 4 N–H and O–H groups in total. The van der Waals surface area contributed by atoms with Crippen LogP contribution >= 0.6 is 23.4 Å². The topological polar surface area (TPSA) is 160 Å². The fraction of sp³-hybridized carbons (Fsp3) is 0.328. The number of anilines is 2. The first-order chi connectivity index (χ1) is 40.1. The molecule has 7 aromatic rings. The summed E-state index contributed by atoms with van der Waals surface area (Å²) in [5.74, 6) is -0.756. The molecule has 0 bridgehead atoms. The smallest absolute Gasteiger partial charge is 0.424 e. The minimum Gasteiger partial charge on any atom is -0.424 e. The van der Waals surface area contributed by atoms with Gasteiger partial charge in [0.25, 0.3) is 34.1 Å². The highest BCUT2D eigenvalue weighted by Crippen LogP contribution is 2.41. The first-order valence-electron chi connectivity index (χ1n) is 28.3. The van der Waals surface area contributed by atoms with E-state index in [1.54, 1.807) is 12.1 Å². The fourth-order valence-corrected chi connectivity index (χ4v) is 18.4. The number of nitrogens with one attached hydrogen (secondary N) is 2. The molecule has 0 aromatic heterocycles. The molecule has 2 aliphatic rings. The Kier molecular flexibility index (Phi) is 20.2. The number of benzene rings is 7. The zero-order chi connectivity index (χ0) is 59.7. The van der Waals surface area contributed by atoms with E-state index in [9.17, 15) is 44.7 Å². The average molecular weight is 1240 g/mol. The van der Waals surface area contributed by atoms with Gasteiger partial charge in [-0.3, -0.25) is 4.79 Å². The van der Waals surface area contributed by atoms with Crippen LogP contribution in [0, 0.1) is 5.92 Å². The Bertz CT molecular complexity index is 3510. The Morgan fingerprint density at radius 3 is 1.87 bits per heavy atom. The lowest BCUT2D eigenvalue weighted by Gasteiger charge is -2.42. The highest BCUT2D eigenvalue weighted by Gasteiger charge is 2.50. The van der Waals surface area contributed by atoms with E-state index in [2.05, 4.69) is 33.9 Å². The second kappa shape index (κ2) is 27.1. The highest BCUT2D eigenvalue weighted by atomic mass is 35.5. The van der Waals surface area contributed by atoms with Gasteiger partial charge in [0.1, 0.15) is 4.90 Å². The maximum atomic E-state index is 14.5. The summed E-state index contributed by atoms with van der Waals surface area (Å²) in [7, 11) is -14.2. The molecule has 84 heavy (non-hydrogen) atoms. The van der Waals surface area contributed by atoms with Crippen LogP contribution in [-0.2, 0) is 19.9 Å². The first kappa shape index (κ1) is 62.5. The number of rotatable bonds is 23. The number of amides is 1. The molecule has 12 nitrogen and oxygen atoms in total. The van der Waals surface area contributed by atoms with Crippen molar-refractivity contribution < 1.29 is 44.7 Å². The Hall–Kier alpha value is -6.00. The molecule has 20 heteroatoms. The van der Waals surface area contributed by atoms with Gasteiger partial charge in [-0.15, -0.1) is 11.8 Å². The Balaban J connectivity index is 0.824. The maximum Gasteiger partial charge on any atom is 0.501 e. The van der Waals surface area contributed by atoms with E-state index in [0.29, 0.717) is 55.7 Å². The summed E-state index contributed by atoms with van der Waals surface area (Å²) >= 11 is 7.58. The molecule has 2 atom stereocenters. The molecule has 0 unspecified atom stereocenters. The zero-order valence-corrected chi connectivity index (χ0v) is 51.2. The number of thioether (sulfide) groups is 1. The minimum atomic E-state index is -6.13. The van der Waals surface area contributed by atoms with Crippen molar-refractivity contribution in [1.29, 1.82) is 0 Å². The van der Waals surface area contributed by atoms with Crippen molar-refractivity contribution in [2.75, 3.05) is 68.3 Å². The number of carbonyl (C=O) groups is 1. The molecule has 1 amide bonds. The minimum absolute atomic E-state index is 0.0289. The predicted octanol–water partition coefficient (Wildman–Crippen LogP) is 11.3. The number of piperazine rings is 1. The third kappa shape index (κ3) is 14.8. The summed E-state index contributed by atoms with van der Waals surface area (Å²) in [4.78, 5) is 31.7. The van der Waals surface area contributed by atoms with Crippen molar-refractivity contribution in [1.82, 2.24) is 14.5 Å². The molecule has 0 saturated carbocycles. The van der Waals surface area contributed by atoms with Crippen LogP contribution in [0.2, 0.25) is 10.1 Å². The van der Waals surface area contributed by atoms with Crippen molar-refractivity contribution in [2.24, 2.45) is 5.92 Å². The van der Waals surface area contributed by atoms with E-state index in [1.807, 2.05) is 144 Å². The van der Waals surface area contributed by atoms with E-state index < -0.39 is 67.2 Å². The molecule has 2 heterocycles. The lowest BCUT2D eigenvalue weighted by molar-refractivity contribution is -0.0436. The second-order valence-corrected chi connectivity index (χ2v) is 31.4. The van der Waals surface area contributed by atoms with Crippen molar-refractivity contribution in [2.45, 2.75) is 83.3 Å². The largest absolute Gasteiger partial charge is 0.501 e. The number of aliphatic hydroxyl groups excluding tert-OH is 1. The van der Waals surface area contributed by atoms with Crippen molar-refractivity contribution in [3.8, 4) is 11.1 Å². The Morgan fingerprint density at radius 1 is 0.714 bits per heavy atom. The second-order valence-electron chi connectivity index (χ2n) is 22.3. The third-order valence-corrected chi connectivity index (χ3v) is 25.3. The number of aliphatic hydroxyl groups is 1. The predicted molar refractivity (Wildman–Crippen MR) is 333 cm³/mol. The number of piperidine rings is 1. The zero-order valence-electron chi connectivity index (χ0n) is 47.0. The number of alkyl halides is 3. The number of carbonyl (C=O) groups excluding carboxylic acids is 1. The van der Waals surface area contributed by atoms with Crippen LogP contribution in [-0.4, -0.2) is 120 Å². The molecular formula is C64H71ClF3N5O7S3Si. The molecule has 0 spiro atoms. The Labute approximate surface area is 502 Å².